The molecule has 0 spiro atoms. The zero-order valence-electron chi connectivity index (χ0n) is 11.2. The van der Waals surface area contributed by atoms with Crippen molar-refractivity contribution in [3.05, 3.63) is 54.6 Å². The van der Waals surface area contributed by atoms with Gasteiger partial charge in [0.15, 0.2) is 0 Å². The summed E-state index contributed by atoms with van der Waals surface area (Å²) >= 11 is 0. The van der Waals surface area contributed by atoms with Gasteiger partial charge in [-0.15, -0.1) is 0 Å². The van der Waals surface area contributed by atoms with Gasteiger partial charge in [0.1, 0.15) is 17.9 Å². The summed E-state index contributed by atoms with van der Waals surface area (Å²) in [5.41, 5.74) is 0.807. The Labute approximate surface area is 120 Å². The maximum absolute atomic E-state index is 11.6. The molecule has 0 aliphatic rings. The van der Waals surface area contributed by atoms with E-state index in [1.807, 2.05) is 30.3 Å². The van der Waals surface area contributed by atoms with Gasteiger partial charge >= 0.3 is 0 Å². The summed E-state index contributed by atoms with van der Waals surface area (Å²) in [4.78, 5) is 15.9. The van der Waals surface area contributed by atoms with Crippen molar-refractivity contribution in [2.75, 3.05) is 13.2 Å². The second-order valence-electron chi connectivity index (χ2n) is 4.31. The van der Waals surface area contributed by atoms with Crippen LogP contribution in [0.4, 0.5) is 0 Å². The third-order valence-electron chi connectivity index (χ3n) is 2.90. The Bertz CT molecular complexity index is 736. The Morgan fingerprint density at radius 2 is 2.10 bits per heavy atom. The molecule has 1 N–H and O–H groups in total. The molecule has 21 heavy (non-hydrogen) atoms. The normalized spacial score (nSPS) is 10.5. The quantitative estimate of drug-likeness (QED) is 0.725. The van der Waals surface area contributed by atoms with Crippen molar-refractivity contribution in [2.24, 2.45) is 0 Å². The number of hydrogen-bond acceptors (Lipinski definition) is 5. The van der Waals surface area contributed by atoms with Gasteiger partial charge in [0.25, 0.3) is 5.91 Å². The third kappa shape index (κ3) is 3.00. The number of carbonyl (C=O) groups excluding carboxylic acids is 1. The van der Waals surface area contributed by atoms with Crippen LogP contribution in [0.2, 0.25) is 0 Å². The van der Waals surface area contributed by atoms with Gasteiger partial charge in [0, 0.05) is 17.6 Å². The zero-order chi connectivity index (χ0) is 14.5. The lowest BCUT2D eigenvalue weighted by Crippen LogP contribution is -2.27. The molecule has 1 amide bonds. The van der Waals surface area contributed by atoms with Crippen LogP contribution >= 0.6 is 0 Å². The van der Waals surface area contributed by atoms with Gasteiger partial charge in [-0.2, -0.15) is 0 Å². The number of benzene rings is 1. The lowest BCUT2D eigenvalue weighted by molar-refractivity contribution is 0.0910. The minimum Gasteiger partial charge on any atom is -0.489 e. The van der Waals surface area contributed by atoms with Crippen LogP contribution in [-0.4, -0.2) is 29.2 Å². The van der Waals surface area contributed by atoms with Gasteiger partial charge in [0.2, 0.25) is 5.76 Å². The van der Waals surface area contributed by atoms with E-state index in [0.717, 1.165) is 10.9 Å². The molecule has 0 aliphatic heterocycles. The summed E-state index contributed by atoms with van der Waals surface area (Å²) in [5, 5.41) is 7.18. The molecule has 0 atom stereocenters. The number of nitrogens with zero attached hydrogens (tertiary/aromatic N) is 2. The van der Waals surface area contributed by atoms with Crippen LogP contribution in [0.15, 0.2) is 53.3 Å². The predicted molar refractivity (Wildman–Crippen MR) is 76.1 cm³/mol. The fraction of sp³-hybridized carbons (Fsp3) is 0.133. The largest absolute Gasteiger partial charge is 0.489 e. The van der Waals surface area contributed by atoms with E-state index in [2.05, 4.69) is 15.5 Å². The Morgan fingerprint density at radius 1 is 1.19 bits per heavy atom. The molecule has 106 valence electrons. The van der Waals surface area contributed by atoms with Gasteiger partial charge in [-0.3, -0.25) is 9.78 Å². The van der Waals surface area contributed by atoms with E-state index in [-0.39, 0.29) is 11.7 Å². The minimum absolute atomic E-state index is 0.182. The Kier molecular flexibility index (Phi) is 3.77. The van der Waals surface area contributed by atoms with E-state index in [1.165, 1.54) is 12.3 Å². The molecule has 0 radical (unpaired) electrons. The lowest BCUT2D eigenvalue weighted by atomic mass is 10.2. The summed E-state index contributed by atoms with van der Waals surface area (Å²) in [6.45, 7) is 0.707. The number of rotatable bonds is 5. The molecule has 0 bridgehead atoms. The van der Waals surface area contributed by atoms with E-state index in [0.29, 0.717) is 18.9 Å². The molecule has 3 aromatic rings. The molecule has 0 aliphatic carbocycles. The molecular formula is C15H13N3O3. The molecule has 6 nitrogen and oxygen atoms in total. The van der Waals surface area contributed by atoms with Crippen LogP contribution in [0.5, 0.6) is 5.75 Å². The maximum atomic E-state index is 11.6. The van der Waals surface area contributed by atoms with Crippen molar-refractivity contribution in [3.8, 4) is 5.75 Å². The molecule has 0 saturated heterocycles. The minimum atomic E-state index is -0.313. The first-order chi connectivity index (χ1) is 10.3. The standard InChI is InChI=1S/C15H13N3O3/c19-15(13-6-8-18-21-13)17-9-10-20-12-5-1-3-11-4-2-7-16-14(11)12/h1-8H,9-10H2,(H,17,19). The fourth-order valence-corrected chi connectivity index (χ4v) is 1.94. The Morgan fingerprint density at radius 3 is 2.95 bits per heavy atom. The van der Waals surface area contributed by atoms with E-state index < -0.39 is 0 Å². The molecule has 2 aromatic heterocycles. The van der Waals surface area contributed by atoms with Crippen molar-refractivity contribution in [3.63, 3.8) is 0 Å². The number of nitrogens with one attached hydrogen (secondary N) is 1. The summed E-state index contributed by atoms with van der Waals surface area (Å²) in [6, 6.07) is 11.1. The van der Waals surface area contributed by atoms with Crippen LogP contribution in [-0.2, 0) is 0 Å². The molecule has 6 heteroatoms. The Balaban J connectivity index is 1.56. The summed E-state index contributed by atoms with van der Waals surface area (Å²) in [6.07, 6.45) is 3.15. The SMILES string of the molecule is O=C(NCCOc1cccc2cccnc12)c1ccno1. The van der Waals surface area contributed by atoms with Crippen LogP contribution in [0.25, 0.3) is 10.9 Å². The zero-order valence-corrected chi connectivity index (χ0v) is 11.2. The first kappa shape index (κ1) is 13.1. The van der Waals surface area contributed by atoms with Crippen molar-refractivity contribution in [1.82, 2.24) is 15.5 Å². The second-order valence-corrected chi connectivity index (χ2v) is 4.31. The van der Waals surface area contributed by atoms with Crippen molar-refractivity contribution in [1.29, 1.82) is 0 Å². The highest BCUT2D eigenvalue weighted by molar-refractivity contribution is 5.91. The highest BCUT2D eigenvalue weighted by Crippen LogP contribution is 2.22. The number of fused-ring (bicyclic) bond motifs is 1. The molecule has 2 heterocycles. The lowest BCUT2D eigenvalue weighted by Gasteiger charge is -2.08. The molecular weight excluding hydrogens is 270 g/mol. The fourth-order valence-electron chi connectivity index (χ4n) is 1.94. The summed E-state index contributed by atoms with van der Waals surface area (Å²) in [5.74, 6) is 0.566. The van der Waals surface area contributed by atoms with Crippen LogP contribution in [0.3, 0.4) is 0 Å². The molecule has 0 saturated carbocycles. The molecule has 0 fully saturated rings. The monoisotopic (exact) mass is 283 g/mol. The average molecular weight is 283 g/mol. The van der Waals surface area contributed by atoms with Gasteiger partial charge in [0.05, 0.1) is 12.7 Å². The highest BCUT2D eigenvalue weighted by atomic mass is 16.5. The van der Waals surface area contributed by atoms with Crippen molar-refractivity contribution >= 4 is 16.8 Å². The first-order valence-corrected chi connectivity index (χ1v) is 6.50. The topological polar surface area (TPSA) is 77.2 Å². The van der Waals surface area contributed by atoms with Gasteiger partial charge in [-0.1, -0.05) is 23.4 Å². The highest BCUT2D eigenvalue weighted by Gasteiger charge is 2.08. The van der Waals surface area contributed by atoms with Crippen LogP contribution in [0.1, 0.15) is 10.6 Å². The van der Waals surface area contributed by atoms with E-state index >= 15 is 0 Å². The summed E-state index contributed by atoms with van der Waals surface area (Å²) in [7, 11) is 0. The summed E-state index contributed by atoms with van der Waals surface area (Å²) < 4.78 is 10.4. The number of para-hydroxylation sites is 1. The van der Waals surface area contributed by atoms with Crippen molar-refractivity contribution in [2.45, 2.75) is 0 Å². The second kappa shape index (κ2) is 6.04. The molecule has 1 aromatic carbocycles. The average Bonchev–Trinajstić information content (AvgIpc) is 3.06. The third-order valence-corrected chi connectivity index (χ3v) is 2.90. The predicted octanol–water partition coefficient (Wildman–Crippen LogP) is 2.03. The number of hydrogen-bond donors (Lipinski definition) is 1. The van der Waals surface area contributed by atoms with Gasteiger partial charge in [-0.25, -0.2) is 0 Å². The van der Waals surface area contributed by atoms with Gasteiger partial charge in [-0.05, 0) is 12.1 Å². The number of carbonyl (C=O) groups is 1. The molecule has 3 rings (SSSR count). The Hall–Kier alpha value is -2.89. The number of amides is 1. The first-order valence-electron chi connectivity index (χ1n) is 6.50. The van der Waals surface area contributed by atoms with E-state index in [4.69, 9.17) is 9.26 Å². The smallest absolute Gasteiger partial charge is 0.290 e. The van der Waals surface area contributed by atoms with Crippen molar-refractivity contribution < 1.29 is 14.1 Å². The van der Waals surface area contributed by atoms with E-state index in [9.17, 15) is 4.79 Å². The van der Waals surface area contributed by atoms with Crippen LogP contribution in [0, 0.1) is 0 Å². The number of pyridine rings is 1. The van der Waals surface area contributed by atoms with Gasteiger partial charge < -0.3 is 14.6 Å². The molecule has 0 unspecified atom stereocenters. The van der Waals surface area contributed by atoms with Crippen LogP contribution < -0.4 is 10.1 Å². The number of aromatic nitrogens is 2. The van der Waals surface area contributed by atoms with E-state index in [1.54, 1.807) is 6.20 Å². The maximum Gasteiger partial charge on any atom is 0.290 e. The number of ether oxygens (including phenoxy) is 1.